The van der Waals surface area contributed by atoms with E-state index in [0.29, 0.717) is 90.0 Å². The summed E-state index contributed by atoms with van der Waals surface area (Å²) in [7, 11) is 0. The molecule has 0 amide bonds. The normalized spacial score (nSPS) is 18.8. The van der Waals surface area contributed by atoms with E-state index < -0.39 is 23.5 Å². The number of hydrogen-bond donors (Lipinski definition) is 0. The highest BCUT2D eigenvalue weighted by Crippen LogP contribution is 2.30. The monoisotopic (exact) mass is 534 g/mol. The van der Waals surface area contributed by atoms with E-state index in [9.17, 15) is 26.3 Å². The molecule has 0 N–H and O–H groups in total. The van der Waals surface area contributed by atoms with Crippen molar-refractivity contribution in [2.75, 3.05) is 65.8 Å². The average Bonchev–Trinajstić information content (AvgIpc) is 2.84. The van der Waals surface area contributed by atoms with Crippen LogP contribution >= 0.6 is 0 Å². The number of alkyl halides is 6. The van der Waals surface area contributed by atoms with E-state index in [1.165, 1.54) is 12.1 Å². The van der Waals surface area contributed by atoms with Crippen LogP contribution < -0.4 is 0 Å². The predicted molar refractivity (Wildman–Crippen MR) is 126 cm³/mol. The summed E-state index contributed by atoms with van der Waals surface area (Å²) >= 11 is 0. The van der Waals surface area contributed by atoms with Crippen molar-refractivity contribution in [2.24, 2.45) is 0 Å². The maximum atomic E-state index is 13.1. The van der Waals surface area contributed by atoms with E-state index in [1.807, 2.05) is 9.80 Å². The van der Waals surface area contributed by atoms with Crippen LogP contribution in [0, 0.1) is 0 Å². The van der Waals surface area contributed by atoms with E-state index >= 15 is 0 Å². The second kappa shape index (κ2) is 14.1. The number of hydrogen-bond acceptors (Lipinski definition) is 5. The van der Waals surface area contributed by atoms with Gasteiger partial charge in [-0.15, -0.1) is 0 Å². The van der Waals surface area contributed by atoms with E-state index in [4.69, 9.17) is 14.2 Å². The van der Waals surface area contributed by atoms with Gasteiger partial charge in [0.1, 0.15) is 0 Å². The molecule has 0 atom stereocenters. The van der Waals surface area contributed by atoms with Crippen molar-refractivity contribution in [3.8, 4) is 0 Å². The third-order valence-corrected chi connectivity index (χ3v) is 5.90. The molecule has 37 heavy (non-hydrogen) atoms. The molecule has 206 valence electrons. The number of rotatable bonds is 4. The molecule has 3 rings (SSSR count). The van der Waals surface area contributed by atoms with Gasteiger partial charge in [0.2, 0.25) is 0 Å². The van der Waals surface area contributed by atoms with Crippen LogP contribution in [0.15, 0.2) is 48.5 Å². The van der Waals surface area contributed by atoms with Gasteiger partial charge in [-0.3, -0.25) is 9.80 Å². The molecule has 0 aliphatic carbocycles. The van der Waals surface area contributed by atoms with Crippen molar-refractivity contribution in [1.82, 2.24) is 9.80 Å². The summed E-state index contributed by atoms with van der Waals surface area (Å²) in [6, 6.07) is 10.5. The maximum Gasteiger partial charge on any atom is 0.416 e. The Morgan fingerprint density at radius 3 is 1.24 bits per heavy atom. The largest absolute Gasteiger partial charge is 0.416 e. The lowest BCUT2D eigenvalue weighted by Gasteiger charge is -2.24. The Balaban J connectivity index is 1.57. The van der Waals surface area contributed by atoms with Crippen LogP contribution in [-0.2, 0) is 39.7 Å². The minimum absolute atomic E-state index is 0.314. The third-order valence-electron chi connectivity index (χ3n) is 5.90. The predicted octanol–water partition coefficient (Wildman–Crippen LogP) is 5.09. The summed E-state index contributed by atoms with van der Waals surface area (Å²) in [4.78, 5) is 3.94. The minimum Gasteiger partial charge on any atom is -0.379 e. The van der Waals surface area contributed by atoms with E-state index in [-0.39, 0.29) is 0 Å². The molecule has 5 nitrogen and oxygen atoms in total. The van der Waals surface area contributed by atoms with Crippen LogP contribution in [0.4, 0.5) is 26.3 Å². The molecule has 1 aliphatic rings. The Bertz CT molecular complexity index is 879. The van der Waals surface area contributed by atoms with Crippen LogP contribution in [0.25, 0.3) is 0 Å². The van der Waals surface area contributed by atoms with Gasteiger partial charge < -0.3 is 14.2 Å². The number of ether oxygens (including phenoxy) is 3. The fourth-order valence-corrected chi connectivity index (χ4v) is 3.95. The number of halogens is 6. The molecular weight excluding hydrogens is 502 g/mol. The Labute approximate surface area is 212 Å². The highest BCUT2D eigenvalue weighted by Gasteiger charge is 2.31. The van der Waals surface area contributed by atoms with Gasteiger partial charge in [0.05, 0.1) is 50.8 Å². The highest BCUT2D eigenvalue weighted by molar-refractivity contribution is 5.26. The van der Waals surface area contributed by atoms with Crippen molar-refractivity contribution < 1.29 is 40.6 Å². The number of nitrogens with zero attached hydrogens (tertiary/aromatic N) is 2. The molecule has 1 saturated heterocycles. The molecule has 0 aromatic heterocycles. The molecule has 0 unspecified atom stereocenters. The Kier molecular flexibility index (Phi) is 11.2. The average molecular weight is 535 g/mol. The number of benzene rings is 2. The van der Waals surface area contributed by atoms with E-state index in [1.54, 1.807) is 12.1 Å². The second-order valence-electron chi connectivity index (χ2n) is 8.79. The van der Waals surface area contributed by atoms with Gasteiger partial charge in [0.15, 0.2) is 0 Å². The topological polar surface area (TPSA) is 34.2 Å². The SMILES string of the molecule is FC(F)(F)c1cccc(CN2CCOCCOCCN(Cc3cccc(C(F)(F)F)c3)CCOCC2)c1. The van der Waals surface area contributed by atoms with Gasteiger partial charge in [-0.1, -0.05) is 36.4 Å². The molecule has 1 aliphatic heterocycles. The zero-order valence-corrected chi connectivity index (χ0v) is 20.5. The summed E-state index contributed by atoms with van der Waals surface area (Å²) in [6.07, 6.45) is -8.81. The fraction of sp³-hybridized carbons (Fsp3) is 0.538. The molecule has 0 spiro atoms. The molecular formula is C26H32F6N2O3. The summed E-state index contributed by atoms with van der Waals surface area (Å²) in [6.45, 7) is 4.86. The van der Waals surface area contributed by atoms with Crippen LogP contribution in [0.3, 0.4) is 0 Å². The van der Waals surface area contributed by atoms with Crippen molar-refractivity contribution in [3.63, 3.8) is 0 Å². The second-order valence-corrected chi connectivity index (χ2v) is 8.79. The fourth-order valence-electron chi connectivity index (χ4n) is 3.95. The van der Waals surface area contributed by atoms with Crippen LogP contribution in [-0.4, -0.2) is 75.6 Å². The minimum atomic E-state index is -4.40. The quantitative estimate of drug-likeness (QED) is 0.511. The molecule has 0 radical (unpaired) electrons. The van der Waals surface area contributed by atoms with Crippen molar-refractivity contribution in [1.29, 1.82) is 0 Å². The first kappa shape index (κ1) is 29.4. The smallest absolute Gasteiger partial charge is 0.379 e. The van der Waals surface area contributed by atoms with Gasteiger partial charge in [-0.25, -0.2) is 0 Å². The van der Waals surface area contributed by atoms with Gasteiger partial charge in [-0.05, 0) is 23.3 Å². The first-order valence-corrected chi connectivity index (χ1v) is 12.1. The Hall–Kier alpha value is -2.18. The Morgan fingerprint density at radius 1 is 0.541 bits per heavy atom. The molecule has 1 heterocycles. The zero-order valence-electron chi connectivity index (χ0n) is 20.5. The molecule has 11 heteroatoms. The molecule has 0 bridgehead atoms. The van der Waals surface area contributed by atoms with Crippen LogP contribution in [0.1, 0.15) is 22.3 Å². The molecule has 1 fully saturated rings. The maximum absolute atomic E-state index is 13.1. The van der Waals surface area contributed by atoms with Gasteiger partial charge in [0.25, 0.3) is 0 Å². The highest BCUT2D eigenvalue weighted by atomic mass is 19.4. The molecule has 0 saturated carbocycles. The van der Waals surface area contributed by atoms with Crippen LogP contribution in [0.2, 0.25) is 0 Å². The van der Waals surface area contributed by atoms with Crippen LogP contribution in [0.5, 0.6) is 0 Å². The molecule has 2 aromatic carbocycles. The van der Waals surface area contributed by atoms with Crippen molar-refractivity contribution in [3.05, 3.63) is 70.8 Å². The summed E-state index contributed by atoms with van der Waals surface area (Å²) in [5.41, 5.74) is -0.283. The van der Waals surface area contributed by atoms with Gasteiger partial charge in [0, 0.05) is 39.3 Å². The third kappa shape index (κ3) is 10.6. The van der Waals surface area contributed by atoms with E-state index in [2.05, 4.69) is 0 Å². The van der Waals surface area contributed by atoms with Gasteiger partial charge >= 0.3 is 12.4 Å². The first-order chi connectivity index (χ1) is 17.6. The first-order valence-electron chi connectivity index (χ1n) is 12.1. The van der Waals surface area contributed by atoms with Gasteiger partial charge in [-0.2, -0.15) is 26.3 Å². The Morgan fingerprint density at radius 2 is 0.892 bits per heavy atom. The summed E-state index contributed by atoms with van der Waals surface area (Å²) in [5.74, 6) is 0. The van der Waals surface area contributed by atoms with Crippen molar-refractivity contribution >= 4 is 0 Å². The standard InChI is InChI=1S/C26H32F6N2O3/c27-25(28,29)23-5-1-3-21(17-23)19-33-7-11-35-12-8-34(10-14-37-16-15-36-13-9-33)20-22-4-2-6-24(18-22)26(30,31)32/h1-6,17-18H,7-16,19-20H2. The van der Waals surface area contributed by atoms with E-state index in [0.717, 1.165) is 24.3 Å². The lowest BCUT2D eigenvalue weighted by molar-refractivity contribution is -0.138. The molecule has 2 aromatic rings. The lowest BCUT2D eigenvalue weighted by Crippen LogP contribution is -2.33. The summed E-state index contributed by atoms with van der Waals surface area (Å²) < 4.78 is 95.5. The zero-order chi connectivity index (χ0) is 26.7. The summed E-state index contributed by atoms with van der Waals surface area (Å²) in [5, 5.41) is 0. The lowest BCUT2D eigenvalue weighted by atomic mass is 10.1. The van der Waals surface area contributed by atoms with Crippen molar-refractivity contribution in [2.45, 2.75) is 25.4 Å².